The van der Waals surface area contributed by atoms with Crippen LogP contribution in [0, 0.1) is 5.92 Å². The van der Waals surface area contributed by atoms with Gasteiger partial charge in [-0.1, -0.05) is 0 Å². The zero-order valence-electron chi connectivity index (χ0n) is 16.1. The summed E-state index contributed by atoms with van der Waals surface area (Å²) in [6, 6.07) is -2.02. The highest BCUT2D eigenvalue weighted by molar-refractivity contribution is 7.80. The molecule has 14 heteroatoms. The fraction of sp³-hybridized carbons (Fsp3) is 0.688. The van der Waals surface area contributed by atoms with Crippen LogP contribution in [-0.2, 0) is 30.9 Å². The monoisotopic (exact) mass is 444 g/mol. The van der Waals surface area contributed by atoms with Crippen molar-refractivity contribution < 1.29 is 31.7 Å². The van der Waals surface area contributed by atoms with Crippen molar-refractivity contribution >= 4 is 22.3 Å². The Morgan fingerprint density at radius 3 is 2.97 bits per heavy atom. The van der Waals surface area contributed by atoms with Crippen molar-refractivity contribution in [3.63, 3.8) is 0 Å². The third-order valence-corrected chi connectivity index (χ3v) is 5.95. The molecule has 0 aliphatic carbocycles. The Morgan fingerprint density at radius 2 is 2.23 bits per heavy atom. The Balaban J connectivity index is 1.22. The maximum atomic E-state index is 12.5. The van der Waals surface area contributed by atoms with Crippen LogP contribution in [0.1, 0.15) is 19.3 Å². The van der Waals surface area contributed by atoms with Gasteiger partial charge in [0.15, 0.2) is 0 Å². The summed E-state index contributed by atoms with van der Waals surface area (Å²) in [6.07, 6.45) is 7.01. The molecule has 3 saturated heterocycles. The fourth-order valence-electron chi connectivity index (χ4n) is 4.25. The summed E-state index contributed by atoms with van der Waals surface area (Å²) in [6.45, 7) is 2.12. The third-order valence-electron chi connectivity index (χ3n) is 5.60. The molecule has 0 aromatic carbocycles. The fourth-order valence-corrected chi connectivity index (χ4v) is 4.64. The first kappa shape index (κ1) is 21.0. The lowest BCUT2D eigenvalue weighted by Gasteiger charge is -2.29. The van der Waals surface area contributed by atoms with Crippen LogP contribution < -0.4 is 10.8 Å². The van der Waals surface area contributed by atoms with Crippen molar-refractivity contribution in [2.45, 2.75) is 43.9 Å². The van der Waals surface area contributed by atoms with Crippen LogP contribution in [0.2, 0.25) is 0 Å². The van der Waals surface area contributed by atoms with Gasteiger partial charge in [-0.2, -0.15) is 13.5 Å². The van der Waals surface area contributed by atoms with Gasteiger partial charge in [0, 0.05) is 38.1 Å². The smallest absolute Gasteiger partial charge is 0.337 e. The first-order valence-corrected chi connectivity index (χ1v) is 11.0. The molecule has 3 amide bonds. The minimum Gasteiger partial charge on any atom is -0.337 e. The van der Waals surface area contributed by atoms with Gasteiger partial charge in [-0.05, 0) is 25.2 Å². The first-order valence-electron chi connectivity index (χ1n) is 9.68. The number of hydrogen-bond acceptors (Lipinski definition) is 8. The van der Waals surface area contributed by atoms with E-state index < -0.39 is 34.4 Å². The zero-order valence-corrected chi connectivity index (χ0v) is 16.9. The normalized spacial score (nSPS) is 28.9. The van der Waals surface area contributed by atoms with E-state index >= 15 is 0 Å². The number of carbonyl (C=O) groups is 2. The summed E-state index contributed by atoms with van der Waals surface area (Å²) in [4.78, 5) is 35.4. The van der Waals surface area contributed by atoms with Crippen LogP contribution in [0.3, 0.4) is 0 Å². The highest BCUT2D eigenvalue weighted by Crippen LogP contribution is 2.30. The quantitative estimate of drug-likeness (QED) is 0.335. The lowest BCUT2D eigenvalue weighted by molar-refractivity contribution is -0.139. The number of nitrogens with one attached hydrogen (secondary N) is 2. The van der Waals surface area contributed by atoms with E-state index in [-0.39, 0.29) is 19.2 Å². The topological polar surface area (TPSA) is 155 Å². The molecule has 0 saturated carbocycles. The average molecular weight is 444 g/mol. The molecule has 2 bridgehead atoms. The van der Waals surface area contributed by atoms with Crippen LogP contribution in [0.5, 0.6) is 0 Å². The predicted molar refractivity (Wildman–Crippen MR) is 99.6 cm³/mol. The van der Waals surface area contributed by atoms with E-state index in [1.807, 2.05) is 10.8 Å². The molecule has 3 fully saturated rings. The van der Waals surface area contributed by atoms with Gasteiger partial charge in [0.25, 0.3) is 5.91 Å². The molecule has 0 radical (unpaired) electrons. The van der Waals surface area contributed by atoms with Crippen molar-refractivity contribution in [1.82, 2.24) is 30.3 Å². The van der Waals surface area contributed by atoms with E-state index in [0.29, 0.717) is 23.8 Å². The summed E-state index contributed by atoms with van der Waals surface area (Å²) in [5.74, 6) is -0.0433. The van der Waals surface area contributed by atoms with Gasteiger partial charge in [-0.3, -0.25) is 14.2 Å². The summed E-state index contributed by atoms with van der Waals surface area (Å²) >= 11 is 0. The number of hydrogen-bond donors (Lipinski definition) is 3. The van der Waals surface area contributed by atoms with Crippen LogP contribution in [0.15, 0.2) is 18.7 Å². The number of imidazole rings is 1. The maximum absolute atomic E-state index is 12.5. The molecular formula is C16H24N6O7S. The van der Waals surface area contributed by atoms with Gasteiger partial charge in [0.05, 0.1) is 19.0 Å². The molecule has 3 aliphatic rings. The number of urea groups is 1. The van der Waals surface area contributed by atoms with Crippen LogP contribution >= 0.6 is 0 Å². The molecule has 3 N–H and O–H groups in total. The third kappa shape index (κ3) is 4.73. The number of amides is 3. The lowest BCUT2D eigenvalue weighted by Crippen LogP contribution is -2.50. The second-order valence-corrected chi connectivity index (χ2v) is 8.76. The van der Waals surface area contributed by atoms with Gasteiger partial charge in [0.1, 0.15) is 6.04 Å². The van der Waals surface area contributed by atoms with E-state index in [9.17, 15) is 18.0 Å². The molecular weight excluding hydrogens is 420 g/mol. The number of nitrogens with zero attached hydrogens (tertiary/aromatic N) is 4. The van der Waals surface area contributed by atoms with Crippen LogP contribution in [0.4, 0.5) is 4.79 Å². The van der Waals surface area contributed by atoms with Crippen molar-refractivity contribution in [2.24, 2.45) is 5.92 Å². The van der Waals surface area contributed by atoms with E-state index in [1.165, 1.54) is 4.90 Å². The van der Waals surface area contributed by atoms with Crippen LogP contribution in [-0.4, -0.2) is 82.2 Å². The Bertz CT molecular complexity index is 879. The Labute approximate surface area is 173 Å². The number of aromatic nitrogens is 2. The molecule has 0 spiro atoms. The minimum atomic E-state index is -4.82. The summed E-state index contributed by atoms with van der Waals surface area (Å²) in [7, 11) is -4.82. The van der Waals surface area contributed by atoms with Crippen molar-refractivity contribution in [3.05, 3.63) is 18.7 Å². The number of fused-ring (bicyclic) bond motifs is 2. The molecule has 1 aromatic rings. The first-order chi connectivity index (χ1) is 14.3. The number of piperidine rings is 1. The predicted octanol–water partition coefficient (Wildman–Crippen LogP) is -1.09. The molecule has 30 heavy (non-hydrogen) atoms. The molecule has 3 aliphatic heterocycles. The maximum Gasteiger partial charge on any atom is 0.418 e. The Hall–Kier alpha value is -2.26. The lowest BCUT2D eigenvalue weighted by atomic mass is 10.0. The van der Waals surface area contributed by atoms with Crippen LogP contribution in [0.25, 0.3) is 0 Å². The SMILES string of the molecule is O=C(NOC[C@H]1C[C@@H](Cn2ccnc2)CN1)[C@@H]1CC[C@@H]2CN1C(=O)N2OS(=O)(=O)O. The highest BCUT2D eigenvalue weighted by Gasteiger charge is 2.49. The Kier molecular flexibility index (Phi) is 5.92. The number of carbonyl (C=O) groups excluding carboxylic acids is 2. The molecule has 4 rings (SSSR count). The molecule has 13 nitrogen and oxygen atoms in total. The minimum absolute atomic E-state index is 0.0987. The van der Waals surface area contributed by atoms with Gasteiger partial charge < -0.3 is 14.8 Å². The number of hydroxylamine groups is 3. The van der Waals surface area contributed by atoms with E-state index in [2.05, 4.69) is 20.1 Å². The summed E-state index contributed by atoms with van der Waals surface area (Å²) in [5, 5.41) is 3.96. The van der Waals surface area contributed by atoms with Crippen molar-refractivity contribution in [2.75, 3.05) is 19.7 Å². The standard InChI is InChI=1S/C16H24N6O7S/c23-15(14-2-1-13-8-21(14)16(24)22(13)29-30(25,26)27)19-28-9-12-5-11(6-18-12)7-20-4-3-17-10-20/h3-4,10-14,18H,1-2,5-9H2,(H,19,23)(H,25,26,27)/t11-,12-,13-,14+/m1/s1. The van der Waals surface area contributed by atoms with E-state index in [1.54, 1.807) is 12.5 Å². The average Bonchev–Trinajstić information content (AvgIpc) is 3.40. The second-order valence-electron chi connectivity index (χ2n) is 7.75. The molecule has 1 aromatic heterocycles. The largest absolute Gasteiger partial charge is 0.418 e. The van der Waals surface area contributed by atoms with Gasteiger partial charge >= 0.3 is 16.4 Å². The number of rotatable bonds is 8. The van der Waals surface area contributed by atoms with E-state index in [4.69, 9.17) is 9.39 Å². The molecule has 4 heterocycles. The zero-order chi connectivity index (χ0) is 21.3. The summed E-state index contributed by atoms with van der Waals surface area (Å²) in [5.41, 5.74) is 2.39. The van der Waals surface area contributed by atoms with Gasteiger partial charge in [-0.25, -0.2) is 15.3 Å². The van der Waals surface area contributed by atoms with Gasteiger partial charge in [-0.15, -0.1) is 4.28 Å². The van der Waals surface area contributed by atoms with Gasteiger partial charge in [0.2, 0.25) is 0 Å². The molecule has 166 valence electrons. The van der Waals surface area contributed by atoms with Crippen molar-refractivity contribution in [3.8, 4) is 0 Å². The van der Waals surface area contributed by atoms with E-state index in [0.717, 1.165) is 19.5 Å². The molecule has 4 atom stereocenters. The van der Waals surface area contributed by atoms with Crippen molar-refractivity contribution in [1.29, 1.82) is 0 Å². The Morgan fingerprint density at radius 1 is 1.40 bits per heavy atom. The highest BCUT2D eigenvalue weighted by atomic mass is 32.3. The summed E-state index contributed by atoms with van der Waals surface area (Å²) < 4.78 is 37.0. The molecule has 0 unspecified atom stereocenters. The second kappa shape index (κ2) is 8.47.